The fourth-order valence-corrected chi connectivity index (χ4v) is 2.94. The van der Waals surface area contributed by atoms with E-state index in [1.165, 1.54) is 0 Å². The van der Waals surface area contributed by atoms with Gasteiger partial charge in [-0.1, -0.05) is 0 Å². The van der Waals surface area contributed by atoms with Gasteiger partial charge in [0.1, 0.15) is 5.60 Å². The van der Waals surface area contributed by atoms with Crippen molar-refractivity contribution in [3.05, 3.63) is 0 Å². The molecule has 3 N–H and O–H groups in total. The van der Waals surface area contributed by atoms with Crippen LogP contribution < -0.4 is 5.32 Å². The van der Waals surface area contributed by atoms with Crippen LogP contribution in [-0.2, 0) is 19.1 Å². The van der Waals surface area contributed by atoms with Crippen LogP contribution in [0, 0.1) is 0 Å². The number of hydrogen-bond donors (Lipinski definition) is 3. The van der Waals surface area contributed by atoms with E-state index in [1.54, 1.807) is 0 Å². The van der Waals surface area contributed by atoms with Gasteiger partial charge in [-0.25, -0.2) is 14.4 Å². The summed E-state index contributed by atoms with van der Waals surface area (Å²) in [7, 11) is 0. The molecule has 0 aromatic carbocycles. The van der Waals surface area contributed by atoms with Gasteiger partial charge in [-0.15, -0.1) is 0 Å². The molecule has 2 fully saturated rings. The van der Waals surface area contributed by atoms with Crippen LogP contribution in [0.25, 0.3) is 0 Å². The van der Waals surface area contributed by atoms with Crippen molar-refractivity contribution >= 4 is 18.0 Å². The number of nitrogens with zero attached hydrogens (tertiary/aromatic N) is 2. The van der Waals surface area contributed by atoms with Gasteiger partial charge >= 0.3 is 18.0 Å². The molecule has 0 aromatic heterocycles. The van der Waals surface area contributed by atoms with Crippen LogP contribution in [0.15, 0.2) is 0 Å². The third-order valence-electron chi connectivity index (χ3n) is 4.42. The summed E-state index contributed by atoms with van der Waals surface area (Å²) >= 11 is 0. The second kappa shape index (κ2) is 10.6. The highest BCUT2D eigenvalue weighted by molar-refractivity contribution is 6.27. The molecule has 10 heteroatoms. The zero-order chi connectivity index (χ0) is 21.5. The van der Waals surface area contributed by atoms with E-state index in [0.717, 1.165) is 32.8 Å². The molecule has 2 rings (SSSR count). The Balaban J connectivity index is 0.000000568. The van der Waals surface area contributed by atoms with Crippen LogP contribution in [0.2, 0.25) is 0 Å². The highest BCUT2D eigenvalue weighted by Crippen LogP contribution is 2.16. The average Bonchev–Trinajstić information content (AvgIpc) is 2.57. The zero-order valence-corrected chi connectivity index (χ0v) is 17.3. The molecule has 2 saturated heterocycles. The summed E-state index contributed by atoms with van der Waals surface area (Å²) in [5.41, 5.74) is -0.449. The van der Waals surface area contributed by atoms with Crippen LogP contribution in [0.1, 0.15) is 34.6 Å². The quantitative estimate of drug-likeness (QED) is 0.563. The number of nitrogens with one attached hydrogen (secondary N) is 1. The monoisotopic (exact) mass is 403 g/mol. The lowest BCUT2D eigenvalue weighted by molar-refractivity contribution is -0.159. The number of carbonyl (C=O) groups is 3. The molecular weight excluding hydrogens is 370 g/mol. The number of morpholine rings is 1. The van der Waals surface area contributed by atoms with Crippen molar-refractivity contribution < 1.29 is 34.1 Å². The summed E-state index contributed by atoms with van der Waals surface area (Å²) in [5.74, 6) is -3.65. The lowest BCUT2D eigenvalue weighted by Crippen LogP contribution is -2.61. The minimum absolute atomic E-state index is 0.160. The van der Waals surface area contributed by atoms with Gasteiger partial charge in [0, 0.05) is 44.3 Å². The van der Waals surface area contributed by atoms with Gasteiger partial charge < -0.3 is 29.9 Å². The van der Waals surface area contributed by atoms with Crippen LogP contribution in [0.3, 0.4) is 0 Å². The topological polar surface area (TPSA) is 129 Å². The number of carboxylic acid groups (broad SMARTS) is 2. The molecule has 0 aliphatic carbocycles. The predicted molar refractivity (Wildman–Crippen MR) is 101 cm³/mol. The second-order valence-electron chi connectivity index (χ2n) is 8.12. The fourth-order valence-electron chi connectivity index (χ4n) is 2.94. The molecule has 2 aliphatic rings. The first kappa shape index (κ1) is 24.1. The van der Waals surface area contributed by atoms with Crippen LogP contribution in [0.5, 0.6) is 0 Å². The largest absolute Gasteiger partial charge is 0.473 e. The van der Waals surface area contributed by atoms with E-state index >= 15 is 0 Å². The van der Waals surface area contributed by atoms with Crippen molar-refractivity contribution in [2.24, 2.45) is 0 Å². The smallest absolute Gasteiger partial charge is 0.414 e. The van der Waals surface area contributed by atoms with E-state index in [9.17, 15) is 4.79 Å². The number of hydrogen-bond acceptors (Lipinski definition) is 7. The van der Waals surface area contributed by atoms with E-state index in [4.69, 9.17) is 29.3 Å². The van der Waals surface area contributed by atoms with Gasteiger partial charge in [0.05, 0.1) is 13.2 Å². The molecule has 0 radical (unpaired) electrons. The highest BCUT2D eigenvalue weighted by Gasteiger charge is 2.33. The van der Waals surface area contributed by atoms with Gasteiger partial charge in [-0.3, -0.25) is 4.90 Å². The van der Waals surface area contributed by atoms with Gasteiger partial charge in [-0.2, -0.15) is 0 Å². The standard InChI is InChI=1S/C16H31N3O3.C2H2O4/c1-12-8-17-14(9-18-6-7-21-11-13(18)2)10-19(12)15(20)22-16(3,4)5;3-1(4)2(5)6/h12-14,17H,6-11H2,1-5H3;(H,3,4)(H,5,6)/t12-,13-,14+;/m1./s1. The Morgan fingerprint density at radius 1 is 1.14 bits per heavy atom. The van der Waals surface area contributed by atoms with Crippen molar-refractivity contribution in [3.8, 4) is 0 Å². The Morgan fingerprint density at radius 3 is 2.25 bits per heavy atom. The number of rotatable bonds is 2. The van der Waals surface area contributed by atoms with Crippen molar-refractivity contribution in [1.29, 1.82) is 0 Å². The first-order valence-electron chi connectivity index (χ1n) is 9.41. The molecule has 0 bridgehead atoms. The molecule has 2 heterocycles. The molecule has 10 nitrogen and oxygen atoms in total. The Labute approximate surface area is 165 Å². The Hall–Kier alpha value is -1.91. The highest BCUT2D eigenvalue weighted by atomic mass is 16.6. The molecule has 1 amide bonds. The maximum absolute atomic E-state index is 12.4. The summed E-state index contributed by atoms with van der Waals surface area (Å²) in [5, 5.41) is 18.3. The van der Waals surface area contributed by atoms with Gasteiger partial charge in [0.25, 0.3) is 0 Å². The Morgan fingerprint density at radius 2 is 1.75 bits per heavy atom. The third kappa shape index (κ3) is 8.41. The van der Waals surface area contributed by atoms with E-state index < -0.39 is 17.5 Å². The second-order valence-corrected chi connectivity index (χ2v) is 8.12. The van der Waals surface area contributed by atoms with Crippen LogP contribution >= 0.6 is 0 Å². The third-order valence-corrected chi connectivity index (χ3v) is 4.42. The number of carboxylic acids is 2. The minimum Gasteiger partial charge on any atom is -0.473 e. The molecule has 0 spiro atoms. The lowest BCUT2D eigenvalue weighted by atomic mass is 10.1. The van der Waals surface area contributed by atoms with Gasteiger partial charge in [0.15, 0.2) is 0 Å². The van der Waals surface area contributed by atoms with Crippen molar-refractivity contribution in [2.75, 3.05) is 39.4 Å². The molecule has 0 saturated carbocycles. The normalized spacial score (nSPS) is 26.0. The molecule has 3 atom stereocenters. The van der Waals surface area contributed by atoms with Crippen LogP contribution in [0.4, 0.5) is 4.79 Å². The van der Waals surface area contributed by atoms with Gasteiger partial charge in [0.2, 0.25) is 0 Å². The molecule has 0 unspecified atom stereocenters. The molecular formula is C18H33N3O7. The summed E-state index contributed by atoms with van der Waals surface area (Å²) in [4.78, 5) is 34.9. The summed E-state index contributed by atoms with van der Waals surface area (Å²) < 4.78 is 11.0. The van der Waals surface area contributed by atoms with Crippen molar-refractivity contribution in [2.45, 2.75) is 58.3 Å². The fraction of sp³-hybridized carbons (Fsp3) is 0.833. The van der Waals surface area contributed by atoms with E-state index in [-0.39, 0.29) is 18.2 Å². The minimum atomic E-state index is -1.82. The Bertz CT molecular complexity index is 538. The molecule has 162 valence electrons. The van der Waals surface area contributed by atoms with Crippen LogP contribution in [-0.4, -0.2) is 101 Å². The SMILES string of the molecule is C[C@@H]1COCCN1C[C@H]1CN(C(=O)OC(C)(C)C)[C@H](C)CN1.O=C(O)C(=O)O. The van der Waals surface area contributed by atoms with E-state index in [1.807, 2.05) is 25.7 Å². The summed E-state index contributed by atoms with van der Waals surface area (Å²) in [6.45, 7) is 15.0. The predicted octanol–water partition coefficient (Wildman–Crippen LogP) is 0.460. The Kier molecular flexibility index (Phi) is 9.12. The number of ether oxygens (including phenoxy) is 2. The first-order chi connectivity index (χ1) is 12.9. The lowest BCUT2D eigenvalue weighted by Gasteiger charge is -2.42. The maximum Gasteiger partial charge on any atom is 0.414 e. The number of carbonyl (C=O) groups excluding carboxylic acids is 1. The average molecular weight is 403 g/mol. The van der Waals surface area contributed by atoms with Crippen molar-refractivity contribution in [1.82, 2.24) is 15.1 Å². The van der Waals surface area contributed by atoms with E-state index in [2.05, 4.69) is 24.1 Å². The number of aliphatic carboxylic acids is 2. The molecule has 0 aromatic rings. The summed E-state index contributed by atoms with van der Waals surface area (Å²) in [6, 6.07) is 0.877. The molecule has 2 aliphatic heterocycles. The van der Waals surface area contributed by atoms with E-state index in [0.29, 0.717) is 12.6 Å². The zero-order valence-electron chi connectivity index (χ0n) is 17.3. The summed E-state index contributed by atoms with van der Waals surface area (Å²) in [6.07, 6.45) is -0.207. The maximum atomic E-state index is 12.4. The number of piperazine rings is 1. The van der Waals surface area contributed by atoms with Crippen molar-refractivity contribution in [3.63, 3.8) is 0 Å². The van der Waals surface area contributed by atoms with Gasteiger partial charge in [-0.05, 0) is 34.6 Å². The first-order valence-corrected chi connectivity index (χ1v) is 9.41. The number of amides is 1. The molecule has 28 heavy (non-hydrogen) atoms.